The highest BCUT2D eigenvalue weighted by atomic mass is 19.1. The van der Waals surface area contributed by atoms with Crippen LogP contribution in [0.4, 0.5) is 4.39 Å². The summed E-state index contributed by atoms with van der Waals surface area (Å²) < 4.78 is 14.8. The van der Waals surface area contributed by atoms with Crippen LogP contribution in [0.3, 0.4) is 0 Å². The molecular formula is C15H10FN5. The SMILES string of the molecule is Cc1ncn2c1nnc1ccc(-c3ccc(F)nc3)cc12. The zero-order valence-corrected chi connectivity index (χ0v) is 11.2. The predicted octanol–water partition coefficient (Wildman–Crippen LogP) is 2.79. The van der Waals surface area contributed by atoms with Gasteiger partial charge in [0.1, 0.15) is 11.8 Å². The molecule has 0 fully saturated rings. The Morgan fingerprint density at radius 1 is 1.00 bits per heavy atom. The van der Waals surface area contributed by atoms with E-state index in [0.29, 0.717) is 0 Å². The van der Waals surface area contributed by atoms with Gasteiger partial charge in [0, 0.05) is 11.8 Å². The van der Waals surface area contributed by atoms with Crippen LogP contribution in [0.25, 0.3) is 27.8 Å². The van der Waals surface area contributed by atoms with Gasteiger partial charge in [-0.05, 0) is 36.8 Å². The number of aryl methyl sites for hydroxylation is 1. The average molecular weight is 279 g/mol. The maximum Gasteiger partial charge on any atom is 0.212 e. The number of benzene rings is 1. The van der Waals surface area contributed by atoms with E-state index in [1.54, 1.807) is 12.4 Å². The van der Waals surface area contributed by atoms with Crippen LogP contribution in [0.1, 0.15) is 5.69 Å². The van der Waals surface area contributed by atoms with Crippen LogP contribution in [0.2, 0.25) is 0 Å². The minimum atomic E-state index is -0.488. The van der Waals surface area contributed by atoms with E-state index >= 15 is 0 Å². The number of hydrogen-bond acceptors (Lipinski definition) is 4. The van der Waals surface area contributed by atoms with E-state index in [9.17, 15) is 4.39 Å². The summed E-state index contributed by atoms with van der Waals surface area (Å²) in [5.74, 6) is -0.488. The van der Waals surface area contributed by atoms with Crippen molar-refractivity contribution in [1.29, 1.82) is 0 Å². The van der Waals surface area contributed by atoms with Gasteiger partial charge < -0.3 is 0 Å². The molecule has 0 radical (unpaired) electrons. The van der Waals surface area contributed by atoms with Crippen molar-refractivity contribution in [2.45, 2.75) is 6.92 Å². The van der Waals surface area contributed by atoms with Gasteiger partial charge in [-0.15, -0.1) is 10.2 Å². The molecule has 0 aliphatic heterocycles. The van der Waals surface area contributed by atoms with Crippen LogP contribution in [0, 0.1) is 12.9 Å². The lowest BCUT2D eigenvalue weighted by atomic mass is 10.1. The van der Waals surface area contributed by atoms with Crippen LogP contribution in [-0.4, -0.2) is 24.6 Å². The van der Waals surface area contributed by atoms with E-state index in [-0.39, 0.29) is 0 Å². The number of imidazole rings is 1. The lowest BCUT2D eigenvalue weighted by Crippen LogP contribution is -1.95. The minimum absolute atomic E-state index is 0.488. The average Bonchev–Trinajstić information content (AvgIpc) is 2.89. The number of fused-ring (bicyclic) bond motifs is 3. The van der Waals surface area contributed by atoms with Crippen molar-refractivity contribution in [3.8, 4) is 11.1 Å². The van der Waals surface area contributed by atoms with Crippen LogP contribution in [0.5, 0.6) is 0 Å². The molecule has 0 saturated heterocycles. The van der Waals surface area contributed by atoms with Crippen molar-refractivity contribution in [2.24, 2.45) is 0 Å². The van der Waals surface area contributed by atoms with Crippen LogP contribution < -0.4 is 0 Å². The molecule has 0 saturated carbocycles. The van der Waals surface area contributed by atoms with Gasteiger partial charge in [0.2, 0.25) is 5.95 Å². The van der Waals surface area contributed by atoms with Crippen LogP contribution >= 0.6 is 0 Å². The quantitative estimate of drug-likeness (QED) is 0.503. The molecule has 3 aromatic heterocycles. The lowest BCUT2D eigenvalue weighted by molar-refractivity contribution is 0.584. The Morgan fingerprint density at radius 3 is 2.67 bits per heavy atom. The largest absolute Gasteiger partial charge is 0.280 e. The fraction of sp³-hybridized carbons (Fsp3) is 0.0667. The summed E-state index contributed by atoms with van der Waals surface area (Å²) in [7, 11) is 0. The summed E-state index contributed by atoms with van der Waals surface area (Å²) in [6, 6.07) is 8.83. The van der Waals surface area contributed by atoms with Crippen LogP contribution in [0.15, 0.2) is 42.9 Å². The molecular weight excluding hydrogens is 269 g/mol. The second-order valence-electron chi connectivity index (χ2n) is 4.80. The summed E-state index contributed by atoms with van der Waals surface area (Å²) in [6.07, 6.45) is 3.25. The Bertz CT molecular complexity index is 959. The van der Waals surface area contributed by atoms with Gasteiger partial charge >= 0.3 is 0 Å². The highest BCUT2D eigenvalue weighted by Gasteiger charge is 2.08. The van der Waals surface area contributed by atoms with E-state index < -0.39 is 5.95 Å². The smallest absolute Gasteiger partial charge is 0.212 e. The Kier molecular flexibility index (Phi) is 2.44. The number of halogens is 1. The number of rotatable bonds is 1. The van der Waals surface area contributed by atoms with E-state index in [1.807, 2.05) is 29.5 Å². The van der Waals surface area contributed by atoms with Crippen molar-refractivity contribution < 1.29 is 4.39 Å². The molecule has 0 amide bonds. The summed E-state index contributed by atoms with van der Waals surface area (Å²) in [5.41, 5.74) is 5.03. The van der Waals surface area contributed by atoms with Gasteiger partial charge in [-0.3, -0.25) is 4.40 Å². The highest BCUT2D eigenvalue weighted by molar-refractivity contribution is 5.82. The van der Waals surface area contributed by atoms with E-state index in [4.69, 9.17) is 0 Å². The topological polar surface area (TPSA) is 56.0 Å². The van der Waals surface area contributed by atoms with Crippen molar-refractivity contribution in [2.75, 3.05) is 0 Å². The maximum atomic E-state index is 12.9. The molecule has 5 nitrogen and oxygen atoms in total. The van der Waals surface area contributed by atoms with Crippen molar-refractivity contribution in [3.05, 3.63) is 54.5 Å². The molecule has 0 N–H and O–H groups in total. The Labute approximate surface area is 119 Å². The van der Waals surface area contributed by atoms with Gasteiger partial charge in [0.25, 0.3) is 0 Å². The number of nitrogens with zero attached hydrogens (tertiary/aromatic N) is 5. The molecule has 0 atom stereocenters. The Morgan fingerprint density at radius 2 is 1.86 bits per heavy atom. The third kappa shape index (κ3) is 1.84. The van der Waals surface area contributed by atoms with Crippen molar-refractivity contribution in [1.82, 2.24) is 24.6 Å². The molecule has 4 rings (SSSR count). The lowest BCUT2D eigenvalue weighted by Gasteiger charge is -2.05. The Hall–Kier alpha value is -2.89. The summed E-state index contributed by atoms with van der Waals surface area (Å²) in [5, 5.41) is 8.38. The van der Waals surface area contributed by atoms with Gasteiger partial charge in [-0.25, -0.2) is 9.97 Å². The maximum absolute atomic E-state index is 12.9. The van der Waals surface area contributed by atoms with Crippen molar-refractivity contribution >= 4 is 16.7 Å². The van der Waals surface area contributed by atoms with Gasteiger partial charge in [-0.2, -0.15) is 4.39 Å². The normalized spacial score (nSPS) is 11.3. The molecule has 0 unspecified atom stereocenters. The first kappa shape index (κ1) is 11.9. The molecule has 1 aromatic carbocycles. The molecule has 0 spiro atoms. The van der Waals surface area contributed by atoms with Gasteiger partial charge in [0.15, 0.2) is 5.65 Å². The molecule has 4 aromatic rings. The fourth-order valence-electron chi connectivity index (χ4n) is 2.36. The molecule has 3 heterocycles. The monoisotopic (exact) mass is 279 g/mol. The summed E-state index contributed by atoms with van der Waals surface area (Å²) in [6.45, 7) is 1.89. The zero-order valence-electron chi connectivity index (χ0n) is 11.2. The van der Waals surface area contributed by atoms with Crippen LogP contribution in [-0.2, 0) is 0 Å². The molecule has 0 aliphatic rings. The Balaban J connectivity index is 1.99. The second kappa shape index (κ2) is 4.31. The first-order chi connectivity index (χ1) is 10.2. The third-order valence-electron chi connectivity index (χ3n) is 3.47. The van der Waals surface area contributed by atoms with Gasteiger partial charge in [0.05, 0.1) is 11.2 Å². The molecule has 0 bridgehead atoms. The van der Waals surface area contributed by atoms with E-state index in [2.05, 4.69) is 20.2 Å². The predicted molar refractivity (Wildman–Crippen MR) is 76.2 cm³/mol. The third-order valence-corrected chi connectivity index (χ3v) is 3.47. The first-order valence-corrected chi connectivity index (χ1v) is 6.44. The zero-order chi connectivity index (χ0) is 14.4. The molecule has 102 valence electrons. The standard InChI is InChI=1S/C15H10FN5/c1-9-15-20-19-12-4-2-10(6-13(12)21(15)8-18-9)11-3-5-14(16)17-7-11/h2-8H,1H3. The molecule has 21 heavy (non-hydrogen) atoms. The number of pyridine rings is 1. The van der Waals surface area contributed by atoms with E-state index in [0.717, 1.165) is 33.5 Å². The highest BCUT2D eigenvalue weighted by Crippen LogP contribution is 2.23. The number of aromatic nitrogens is 5. The molecule has 6 heteroatoms. The molecule has 0 aliphatic carbocycles. The van der Waals surface area contributed by atoms with Gasteiger partial charge in [-0.1, -0.05) is 6.07 Å². The summed E-state index contributed by atoms with van der Waals surface area (Å²) in [4.78, 5) is 7.95. The van der Waals surface area contributed by atoms with Crippen molar-refractivity contribution in [3.63, 3.8) is 0 Å². The fourth-order valence-corrected chi connectivity index (χ4v) is 2.36. The summed E-state index contributed by atoms with van der Waals surface area (Å²) >= 11 is 0. The minimum Gasteiger partial charge on any atom is -0.280 e. The number of hydrogen-bond donors (Lipinski definition) is 0. The van der Waals surface area contributed by atoms with E-state index in [1.165, 1.54) is 12.3 Å². The second-order valence-corrected chi connectivity index (χ2v) is 4.80. The first-order valence-electron chi connectivity index (χ1n) is 6.44.